The van der Waals surface area contributed by atoms with E-state index < -0.39 is 5.31 Å². The zero-order valence-electron chi connectivity index (χ0n) is 9.08. The Labute approximate surface area is 103 Å². The number of carbonyl (C=O) groups excluding carboxylic acids is 1. The van der Waals surface area contributed by atoms with Gasteiger partial charge in [0.2, 0.25) is 5.91 Å². The molecule has 3 nitrogen and oxygen atoms in total. The third-order valence-electron chi connectivity index (χ3n) is 3.05. The minimum Gasteiger partial charge on any atom is -0.272 e. The molecule has 0 unspecified atom stereocenters. The van der Waals surface area contributed by atoms with Crippen LogP contribution in [-0.4, -0.2) is 13.2 Å². The molecule has 0 saturated heterocycles. The van der Waals surface area contributed by atoms with Crippen LogP contribution in [0.25, 0.3) is 0 Å². The van der Waals surface area contributed by atoms with E-state index >= 15 is 0 Å². The van der Waals surface area contributed by atoms with Crippen LogP contribution in [0.1, 0.15) is 19.4 Å². The molecule has 0 aromatic heterocycles. The lowest BCUT2D eigenvalue weighted by molar-refractivity contribution is -0.128. The molecule has 81 valence electrons. The van der Waals surface area contributed by atoms with Crippen LogP contribution in [0, 0.1) is 0 Å². The Hall–Kier alpha value is -0.805. The number of hydroxylamine groups is 1. The number of hydrogen-bond acceptors (Lipinski definition) is 2. The zero-order chi connectivity index (χ0) is 11.5. The minimum absolute atomic E-state index is 0.00292. The SMILES string of the molecule is CC1(C)[B]c2ccc(Br)c3c2N(OC3)C1=O. The highest BCUT2D eigenvalue weighted by molar-refractivity contribution is 9.10. The molecule has 0 N–H and O–H groups in total. The normalized spacial score (nSPS) is 20.7. The van der Waals surface area contributed by atoms with Gasteiger partial charge in [-0.1, -0.05) is 41.3 Å². The predicted molar refractivity (Wildman–Crippen MR) is 65.8 cm³/mol. The van der Waals surface area contributed by atoms with E-state index in [0.717, 1.165) is 21.2 Å². The van der Waals surface area contributed by atoms with Crippen LogP contribution in [0.3, 0.4) is 0 Å². The Morgan fingerprint density at radius 2 is 2.25 bits per heavy atom. The molecule has 0 fully saturated rings. The molecule has 0 spiro atoms. The Morgan fingerprint density at radius 3 is 3.00 bits per heavy atom. The second-order valence-corrected chi connectivity index (χ2v) is 5.56. The molecule has 1 aromatic rings. The van der Waals surface area contributed by atoms with Crippen LogP contribution >= 0.6 is 15.9 Å². The highest BCUT2D eigenvalue weighted by Crippen LogP contribution is 2.41. The van der Waals surface area contributed by atoms with Crippen molar-refractivity contribution in [1.82, 2.24) is 0 Å². The third kappa shape index (κ3) is 1.21. The number of hydrogen-bond donors (Lipinski definition) is 0. The summed E-state index contributed by atoms with van der Waals surface area (Å²) in [6.45, 7) is 4.27. The molecule has 1 radical (unpaired) electrons. The number of amides is 1. The first-order chi connectivity index (χ1) is 7.50. The first kappa shape index (κ1) is 10.4. The van der Waals surface area contributed by atoms with E-state index in [1.54, 1.807) is 0 Å². The summed E-state index contributed by atoms with van der Waals surface area (Å²) in [5.41, 5.74) is 3.02. The second-order valence-electron chi connectivity index (χ2n) is 4.70. The van der Waals surface area contributed by atoms with Crippen LogP contribution < -0.4 is 10.5 Å². The largest absolute Gasteiger partial charge is 0.272 e. The van der Waals surface area contributed by atoms with Gasteiger partial charge in [-0.25, -0.2) is 0 Å². The highest BCUT2D eigenvalue weighted by Gasteiger charge is 2.44. The first-order valence-electron chi connectivity index (χ1n) is 5.15. The minimum atomic E-state index is -0.498. The lowest BCUT2D eigenvalue weighted by Gasteiger charge is -2.34. The Balaban J connectivity index is 2.24. The summed E-state index contributed by atoms with van der Waals surface area (Å²) >= 11 is 3.48. The Bertz CT molecular complexity index is 501. The molecule has 16 heavy (non-hydrogen) atoms. The number of anilines is 1. The third-order valence-corrected chi connectivity index (χ3v) is 3.79. The van der Waals surface area contributed by atoms with Gasteiger partial charge in [0, 0.05) is 15.4 Å². The van der Waals surface area contributed by atoms with Crippen molar-refractivity contribution in [3.63, 3.8) is 0 Å². The number of halogens is 1. The van der Waals surface area contributed by atoms with Gasteiger partial charge in [0.05, 0.1) is 5.69 Å². The molecule has 2 aliphatic rings. The summed E-state index contributed by atoms with van der Waals surface area (Å²) in [7, 11) is 2.01. The van der Waals surface area contributed by atoms with Crippen LogP contribution in [0.4, 0.5) is 5.69 Å². The maximum atomic E-state index is 12.1. The highest BCUT2D eigenvalue weighted by atomic mass is 79.9. The summed E-state index contributed by atoms with van der Waals surface area (Å²) in [4.78, 5) is 17.6. The average molecular weight is 279 g/mol. The van der Waals surface area contributed by atoms with Gasteiger partial charge >= 0.3 is 0 Å². The van der Waals surface area contributed by atoms with Crippen molar-refractivity contribution in [1.29, 1.82) is 0 Å². The monoisotopic (exact) mass is 278 g/mol. The van der Waals surface area contributed by atoms with E-state index in [2.05, 4.69) is 15.9 Å². The quantitative estimate of drug-likeness (QED) is 0.677. The lowest BCUT2D eigenvalue weighted by atomic mass is 9.47. The summed E-state index contributed by atoms with van der Waals surface area (Å²) in [5.74, 6) is -0.00292. The number of nitrogens with zero attached hydrogens (tertiary/aromatic N) is 1. The number of benzene rings is 1. The predicted octanol–water partition coefficient (Wildman–Crippen LogP) is 1.77. The fourth-order valence-electron chi connectivity index (χ4n) is 2.19. The van der Waals surface area contributed by atoms with E-state index in [1.165, 1.54) is 5.06 Å². The van der Waals surface area contributed by atoms with Gasteiger partial charge in [-0.2, -0.15) is 5.06 Å². The summed E-state index contributed by atoms with van der Waals surface area (Å²) in [6, 6.07) is 4.02. The molecular weight excluding hydrogens is 269 g/mol. The van der Waals surface area contributed by atoms with Crippen LogP contribution in [0.2, 0.25) is 5.31 Å². The van der Waals surface area contributed by atoms with Crippen molar-refractivity contribution in [3.8, 4) is 0 Å². The van der Waals surface area contributed by atoms with E-state index in [-0.39, 0.29) is 5.91 Å². The number of carbonyl (C=O) groups is 1. The van der Waals surface area contributed by atoms with Gasteiger partial charge < -0.3 is 0 Å². The van der Waals surface area contributed by atoms with Crippen molar-refractivity contribution in [3.05, 3.63) is 22.2 Å². The van der Waals surface area contributed by atoms with Gasteiger partial charge in [0.15, 0.2) is 7.28 Å². The van der Waals surface area contributed by atoms with Gasteiger partial charge in [0.25, 0.3) is 0 Å². The standard InChI is InChI=1S/C11H10BBrNO2/c1-11(2)10(15)14-9-6(5-16-14)8(13)4-3-7(9)12-11/h3-4H,5H2,1-2H3. The maximum absolute atomic E-state index is 12.1. The molecule has 1 amide bonds. The van der Waals surface area contributed by atoms with E-state index in [0.29, 0.717) is 6.61 Å². The van der Waals surface area contributed by atoms with Crippen molar-refractivity contribution < 1.29 is 9.63 Å². The van der Waals surface area contributed by atoms with Gasteiger partial charge in [-0.05, 0) is 6.07 Å². The molecular formula is C11H10BBrNO2. The molecule has 0 saturated carbocycles. The Kier molecular flexibility index (Phi) is 2.01. The topological polar surface area (TPSA) is 29.5 Å². The zero-order valence-corrected chi connectivity index (χ0v) is 10.7. The van der Waals surface area contributed by atoms with Crippen molar-refractivity contribution in [2.75, 3.05) is 5.06 Å². The van der Waals surface area contributed by atoms with Gasteiger partial charge in [-0.15, -0.1) is 0 Å². The molecule has 2 heterocycles. The first-order valence-corrected chi connectivity index (χ1v) is 5.95. The smallest absolute Gasteiger partial charge is 0.248 e. The van der Waals surface area contributed by atoms with Crippen LogP contribution in [-0.2, 0) is 16.2 Å². The molecule has 0 atom stereocenters. The van der Waals surface area contributed by atoms with Gasteiger partial charge in [0.1, 0.15) is 6.61 Å². The fraction of sp³-hybridized carbons (Fsp3) is 0.364. The summed E-state index contributed by atoms with van der Waals surface area (Å²) < 4.78 is 0.995. The number of rotatable bonds is 0. The molecule has 0 aliphatic carbocycles. The average Bonchev–Trinajstić information content (AvgIpc) is 2.65. The lowest BCUT2D eigenvalue weighted by Crippen LogP contribution is -2.48. The van der Waals surface area contributed by atoms with Gasteiger partial charge in [-0.3, -0.25) is 9.63 Å². The van der Waals surface area contributed by atoms with Crippen LogP contribution in [0.5, 0.6) is 0 Å². The molecule has 1 aromatic carbocycles. The summed E-state index contributed by atoms with van der Waals surface area (Å²) in [5, 5.41) is 0.942. The van der Waals surface area contributed by atoms with Crippen molar-refractivity contribution in [2.45, 2.75) is 25.8 Å². The second kappa shape index (κ2) is 3.11. The van der Waals surface area contributed by atoms with E-state index in [4.69, 9.17) is 4.84 Å². The molecule has 3 rings (SSSR count). The van der Waals surface area contributed by atoms with Crippen molar-refractivity contribution >= 4 is 40.3 Å². The summed E-state index contributed by atoms with van der Waals surface area (Å²) in [6.07, 6.45) is 0. The van der Waals surface area contributed by atoms with Crippen LogP contribution in [0.15, 0.2) is 16.6 Å². The van der Waals surface area contributed by atoms with E-state index in [9.17, 15) is 4.79 Å². The Morgan fingerprint density at radius 1 is 1.50 bits per heavy atom. The fourth-order valence-corrected chi connectivity index (χ4v) is 2.62. The maximum Gasteiger partial charge on any atom is 0.248 e. The van der Waals surface area contributed by atoms with Crippen molar-refractivity contribution in [2.24, 2.45) is 0 Å². The van der Waals surface area contributed by atoms with E-state index in [1.807, 2.05) is 33.3 Å². The molecule has 2 aliphatic heterocycles. The molecule has 0 bridgehead atoms. The molecule has 5 heteroatoms.